The predicted molar refractivity (Wildman–Crippen MR) is 147 cm³/mol. The zero-order chi connectivity index (χ0) is 27.1. The predicted octanol–water partition coefficient (Wildman–Crippen LogP) is 5.02. The topological polar surface area (TPSA) is 142 Å². The molecule has 0 saturated heterocycles. The first-order chi connectivity index (χ1) is 18.9. The molecule has 1 aromatic carbocycles. The van der Waals surface area contributed by atoms with Gasteiger partial charge in [-0.3, -0.25) is 19.9 Å². The Morgan fingerprint density at radius 2 is 1.82 bits per heavy atom. The van der Waals surface area contributed by atoms with Crippen molar-refractivity contribution >= 4 is 33.7 Å². The molecule has 39 heavy (non-hydrogen) atoms. The van der Waals surface area contributed by atoms with E-state index in [1.165, 1.54) is 6.07 Å². The number of benzene rings is 1. The van der Waals surface area contributed by atoms with E-state index in [-0.39, 0.29) is 17.6 Å². The lowest BCUT2D eigenvalue weighted by atomic mass is 10.1. The molecule has 4 N–H and O–H groups in total. The molecule has 5 heterocycles. The molecule has 194 valence electrons. The highest BCUT2D eigenvalue weighted by Crippen LogP contribution is 2.33. The maximum Gasteiger partial charge on any atom is 0.241 e. The fourth-order valence-corrected chi connectivity index (χ4v) is 4.48. The number of nitrogens with two attached hydrogens (primary N) is 1. The monoisotopic (exact) mass is 521 g/mol. The SMILES string of the molecule is CC(C)CC(=O)N(N)c1cncc(-c2cnc3n[nH]c(-c4nc5c(-c6ccccc6F)cncc5[nH]4)c3c2)c1. The van der Waals surface area contributed by atoms with E-state index in [0.29, 0.717) is 51.4 Å². The first-order valence-electron chi connectivity index (χ1n) is 12.3. The minimum Gasteiger partial charge on any atom is -0.335 e. The zero-order valence-electron chi connectivity index (χ0n) is 21.2. The van der Waals surface area contributed by atoms with Gasteiger partial charge in [0.2, 0.25) is 5.91 Å². The van der Waals surface area contributed by atoms with Gasteiger partial charge >= 0.3 is 0 Å². The van der Waals surface area contributed by atoms with Crippen LogP contribution in [0.1, 0.15) is 20.3 Å². The van der Waals surface area contributed by atoms with Gasteiger partial charge in [0, 0.05) is 47.3 Å². The molecule has 6 aromatic rings. The third kappa shape index (κ3) is 4.48. The number of halogens is 1. The number of anilines is 1. The van der Waals surface area contributed by atoms with Crippen LogP contribution in [-0.4, -0.2) is 41.0 Å². The molecule has 0 unspecified atom stereocenters. The number of pyridine rings is 3. The summed E-state index contributed by atoms with van der Waals surface area (Å²) in [4.78, 5) is 33.6. The standard InChI is InChI=1S/C28H24FN9O/c1-15(2)7-24(39)38(30)18-8-16(10-31-12-18)17-9-20-26(36-37-27(20)33-11-17)28-34-23-14-32-13-21(25(23)35-28)19-5-3-4-6-22(19)29/h3-6,8-15H,7,30H2,1-2H3,(H,34,35)(H,33,36,37). The van der Waals surface area contributed by atoms with Crippen LogP contribution in [0.15, 0.2) is 67.4 Å². The van der Waals surface area contributed by atoms with E-state index in [1.54, 1.807) is 55.2 Å². The maximum absolute atomic E-state index is 14.6. The quantitative estimate of drug-likeness (QED) is 0.159. The molecule has 0 spiro atoms. The summed E-state index contributed by atoms with van der Waals surface area (Å²) in [6.07, 6.45) is 8.49. The summed E-state index contributed by atoms with van der Waals surface area (Å²) in [7, 11) is 0. The first-order valence-corrected chi connectivity index (χ1v) is 12.3. The molecule has 0 atom stereocenters. The fourth-order valence-electron chi connectivity index (χ4n) is 4.48. The molecule has 0 aliphatic rings. The number of imidazole rings is 1. The number of nitrogens with one attached hydrogen (secondary N) is 2. The van der Waals surface area contributed by atoms with Crippen LogP contribution in [0.4, 0.5) is 10.1 Å². The van der Waals surface area contributed by atoms with Gasteiger partial charge in [0.05, 0.1) is 29.0 Å². The van der Waals surface area contributed by atoms with Crippen LogP contribution < -0.4 is 10.9 Å². The van der Waals surface area contributed by atoms with Crippen LogP contribution >= 0.6 is 0 Å². The summed E-state index contributed by atoms with van der Waals surface area (Å²) < 4.78 is 14.6. The summed E-state index contributed by atoms with van der Waals surface area (Å²) in [6, 6.07) is 10.2. The van der Waals surface area contributed by atoms with Crippen molar-refractivity contribution in [1.82, 2.24) is 35.1 Å². The molecule has 11 heteroatoms. The van der Waals surface area contributed by atoms with Crippen LogP contribution in [0.2, 0.25) is 0 Å². The minimum atomic E-state index is -0.352. The number of hydrogen-bond donors (Lipinski definition) is 3. The van der Waals surface area contributed by atoms with Crippen molar-refractivity contribution < 1.29 is 9.18 Å². The number of amides is 1. The van der Waals surface area contributed by atoms with Crippen LogP contribution in [0, 0.1) is 11.7 Å². The number of hydrogen-bond acceptors (Lipinski definition) is 7. The van der Waals surface area contributed by atoms with Crippen LogP contribution in [0.3, 0.4) is 0 Å². The zero-order valence-corrected chi connectivity index (χ0v) is 21.2. The Bertz CT molecular complexity index is 1840. The number of aromatic nitrogens is 7. The average molecular weight is 522 g/mol. The molecule has 0 aliphatic heterocycles. The first kappa shape index (κ1) is 24.3. The number of rotatable bonds is 6. The number of carbonyl (C=O) groups excluding carboxylic acids is 1. The minimum absolute atomic E-state index is 0.183. The molecular formula is C28H24FN9O. The van der Waals surface area contributed by atoms with Crippen molar-refractivity contribution in [3.8, 4) is 33.8 Å². The Balaban J connectivity index is 1.40. The average Bonchev–Trinajstić information content (AvgIpc) is 3.56. The summed E-state index contributed by atoms with van der Waals surface area (Å²) >= 11 is 0. The van der Waals surface area contributed by atoms with Crippen molar-refractivity contribution in [2.45, 2.75) is 20.3 Å². The van der Waals surface area contributed by atoms with Crippen molar-refractivity contribution in [3.63, 3.8) is 0 Å². The van der Waals surface area contributed by atoms with Gasteiger partial charge in [0.15, 0.2) is 11.5 Å². The van der Waals surface area contributed by atoms with Crippen LogP contribution in [-0.2, 0) is 4.79 Å². The Kier molecular flexibility index (Phi) is 6.04. The normalized spacial score (nSPS) is 11.5. The second-order valence-corrected chi connectivity index (χ2v) is 9.64. The van der Waals surface area contributed by atoms with Gasteiger partial charge in [-0.2, -0.15) is 5.10 Å². The summed E-state index contributed by atoms with van der Waals surface area (Å²) in [6.45, 7) is 3.92. The number of fused-ring (bicyclic) bond motifs is 2. The van der Waals surface area contributed by atoms with Gasteiger partial charge < -0.3 is 4.98 Å². The Morgan fingerprint density at radius 3 is 2.64 bits per heavy atom. The second-order valence-electron chi connectivity index (χ2n) is 9.64. The van der Waals surface area contributed by atoms with Crippen molar-refractivity contribution in [1.29, 1.82) is 0 Å². The number of carbonyl (C=O) groups is 1. The molecule has 0 bridgehead atoms. The smallest absolute Gasteiger partial charge is 0.241 e. The Hall–Kier alpha value is -5.03. The largest absolute Gasteiger partial charge is 0.335 e. The number of aromatic amines is 2. The van der Waals surface area contributed by atoms with E-state index in [1.807, 2.05) is 19.9 Å². The van der Waals surface area contributed by atoms with E-state index in [9.17, 15) is 9.18 Å². The van der Waals surface area contributed by atoms with Crippen molar-refractivity contribution in [2.75, 3.05) is 5.01 Å². The highest BCUT2D eigenvalue weighted by atomic mass is 19.1. The summed E-state index contributed by atoms with van der Waals surface area (Å²) in [5.74, 6) is 6.23. The molecule has 1 amide bonds. The molecule has 10 nitrogen and oxygen atoms in total. The van der Waals surface area contributed by atoms with E-state index < -0.39 is 0 Å². The van der Waals surface area contributed by atoms with E-state index in [2.05, 4.69) is 30.1 Å². The lowest BCUT2D eigenvalue weighted by molar-refractivity contribution is -0.119. The van der Waals surface area contributed by atoms with E-state index in [0.717, 1.165) is 21.5 Å². The highest BCUT2D eigenvalue weighted by Gasteiger charge is 2.18. The molecule has 0 radical (unpaired) electrons. The molecule has 0 fully saturated rings. The third-order valence-electron chi connectivity index (χ3n) is 6.39. The third-order valence-corrected chi connectivity index (χ3v) is 6.39. The fraction of sp³-hybridized carbons (Fsp3) is 0.143. The molecule has 0 saturated carbocycles. The van der Waals surface area contributed by atoms with Crippen LogP contribution in [0.25, 0.3) is 55.8 Å². The van der Waals surface area contributed by atoms with Crippen molar-refractivity contribution in [2.24, 2.45) is 11.8 Å². The van der Waals surface area contributed by atoms with Gasteiger partial charge in [-0.15, -0.1) is 0 Å². The van der Waals surface area contributed by atoms with Crippen molar-refractivity contribution in [3.05, 3.63) is 73.2 Å². The van der Waals surface area contributed by atoms with E-state index >= 15 is 0 Å². The number of nitrogens with zero attached hydrogens (tertiary/aromatic N) is 6. The Morgan fingerprint density at radius 1 is 1.03 bits per heavy atom. The highest BCUT2D eigenvalue weighted by molar-refractivity contribution is 5.97. The summed E-state index contributed by atoms with van der Waals surface area (Å²) in [5.41, 5.74) is 5.33. The molecule has 6 rings (SSSR count). The van der Waals surface area contributed by atoms with Gasteiger partial charge in [-0.1, -0.05) is 32.0 Å². The Labute approximate surface area is 222 Å². The van der Waals surface area contributed by atoms with Gasteiger partial charge in [-0.05, 0) is 24.1 Å². The van der Waals surface area contributed by atoms with Gasteiger partial charge in [0.25, 0.3) is 0 Å². The lowest BCUT2D eigenvalue weighted by Crippen LogP contribution is -2.38. The van der Waals surface area contributed by atoms with E-state index in [4.69, 9.17) is 10.8 Å². The molecule has 5 aromatic heterocycles. The molecular weight excluding hydrogens is 497 g/mol. The number of H-pyrrole nitrogens is 2. The summed E-state index contributed by atoms with van der Waals surface area (Å²) in [5, 5.41) is 9.19. The lowest BCUT2D eigenvalue weighted by Gasteiger charge is -2.18. The molecule has 0 aliphatic carbocycles. The van der Waals surface area contributed by atoms with Gasteiger partial charge in [0.1, 0.15) is 17.0 Å². The van der Waals surface area contributed by atoms with Crippen LogP contribution in [0.5, 0.6) is 0 Å². The number of hydrazine groups is 1. The van der Waals surface area contributed by atoms with Gasteiger partial charge in [-0.25, -0.2) is 25.2 Å². The second kappa shape index (κ2) is 9.69. The maximum atomic E-state index is 14.6.